The molecule has 104 valence electrons. The molecule has 1 amide bonds. The number of carbonyl (C=O) groups excluding carboxylic acids is 1. The lowest BCUT2D eigenvalue weighted by Crippen LogP contribution is -2.36. The lowest BCUT2D eigenvalue weighted by Gasteiger charge is -2.17. The maximum Gasteiger partial charge on any atom is 0.260 e. The molecule has 1 N–H and O–H groups in total. The number of likely N-dealkylation sites (N-methyl/N-ethyl adjacent to an activating group) is 1. The quantitative estimate of drug-likeness (QED) is 0.920. The van der Waals surface area contributed by atoms with Crippen molar-refractivity contribution < 1.29 is 14.3 Å². The van der Waals surface area contributed by atoms with Crippen molar-refractivity contribution in [2.45, 2.75) is 12.0 Å². The first kappa shape index (κ1) is 13.1. The van der Waals surface area contributed by atoms with Crippen molar-refractivity contribution in [3.05, 3.63) is 41.2 Å². The van der Waals surface area contributed by atoms with Gasteiger partial charge in [0.1, 0.15) is 12.0 Å². The highest BCUT2D eigenvalue weighted by atomic mass is 35.5. The molecule has 0 radical (unpaired) electrons. The number of likely N-dealkylation sites (tertiary alicyclic amines) is 1. The van der Waals surface area contributed by atoms with Crippen LogP contribution in [-0.2, 0) is 10.4 Å². The van der Waals surface area contributed by atoms with Crippen LogP contribution >= 0.6 is 11.6 Å². The van der Waals surface area contributed by atoms with Crippen LogP contribution in [0.5, 0.6) is 0 Å². The van der Waals surface area contributed by atoms with Crippen molar-refractivity contribution >= 4 is 17.5 Å². The standard InChI is InChI=1S/C14H13ClN2O3/c1-17-6-5-14(19,13(17)18)11-8-20-12(16-11)9-3-2-4-10(15)7-9/h2-4,7-8,19H,5-6H2,1H3/t14-/m0/s1. The molecule has 3 rings (SSSR count). The third kappa shape index (κ3) is 1.99. The average Bonchev–Trinajstić information content (AvgIpc) is 3.02. The van der Waals surface area contributed by atoms with Gasteiger partial charge in [0, 0.05) is 30.6 Å². The minimum atomic E-state index is -1.59. The molecule has 0 saturated carbocycles. The number of aromatic nitrogens is 1. The highest BCUT2D eigenvalue weighted by Gasteiger charge is 2.47. The highest BCUT2D eigenvalue weighted by molar-refractivity contribution is 6.30. The molecule has 2 heterocycles. The van der Waals surface area contributed by atoms with E-state index in [9.17, 15) is 9.90 Å². The van der Waals surface area contributed by atoms with Gasteiger partial charge in [-0.25, -0.2) is 4.98 Å². The molecule has 1 saturated heterocycles. The summed E-state index contributed by atoms with van der Waals surface area (Å²) in [5, 5.41) is 11.0. The fourth-order valence-corrected chi connectivity index (χ4v) is 2.50. The second kappa shape index (κ2) is 4.61. The molecule has 20 heavy (non-hydrogen) atoms. The normalized spacial score (nSPS) is 22.6. The molecule has 0 bridgehead atoms. The monoisotopic (exact) mass is 292 g/mol. The van der Waals surface area contributed by atoms with E-state index in [-0.39, 0.29) is 11.6 Å². The third-order valence-electron chi connectivity index (χ3n) is 3.51. The number of benzene rings is 1. The van der Waals surface area contributed by atoms with Gasteiger partial charge in [-0.2, -0.15) is 0 Å². The number of hydrogen-bond acceptors (Lipinski definition) is 4. The summed E-state index contributed by atoms with van der Waals surface area (Å²) in [5.74, 6) is -0.0262. The predicted molar refractivity (Wildman–Crippen MR) is 73.1 cm³/mol. The zero-order chi connectivity index (χ0) is 14.3. The van der Waals surface area contributed by atoms with E-state index >= 15 is 0 Å². The molecular weight excluding hydrogens is 280 g/mol. The van der Waals surface area contributed by atoms with Gasteiger partial charge in [0.15, 0.2) is 5.60 Å². The molecular formula is C14H13ClN2O3. The number of carbonyl (C=O) groups is 1. The molecule has 1 aliphatic heterocycles. The van der Waals surface area contributed by atoms with E-state index in [1.807, 2.05) is 0 Å². The zero-order valence-corrected chi connectivity index (χ0v) is 11.6. The minimum Gasteiger partial charge on any atom is -0.444 e. The van der Waals surface area contributed by atoms with Crippen LogP contribution in [0.1, 0.15) is 12.1 Å². The highest BCUT2D eigenvalue weighted by Crippen LogP contribution is 2.33. The Morgan fingerprint density at radius 1 is 1.50 bits per heavy atom. The number of hydrogen-bond donors (Lipinski definition) is 1. The molecule has 1 atom stereocenters. The van der Waals surface area contributed by atoms with Gasteiger partial charge in [0.2, 0.25) is 5.89 Å². The summed E-state index contributed by atoms with van der Waals surface area (Å²) in [7, 11) is 1.65. The average molecular weight is 293 g/mol. The first-order valence-corrected chi connectivity index (χ1v) is 6.58. The van der Waals surface area contributed by atoms with E-state index in [4.69, 9.17) is 16.0 Å². The molecule has 1 aromatic carbocycles. The summed E-state index contributed by atoms with van der Waals surface area (Å²) in [4.78, 5) is 17.7. The molecule has 1 aromatic heterocycles. The van der Waals surface area contributed by atoms with Gasteiger partial charge < -0.3 is 14.4 Å². The summed E-state index contributed by atoms with van der Waals surface area (Å²) < 4.78 is 5.37. The van der Waals surface area contributed by atoms with Crippen molar-refractivity contribution in [2.24, 2.45) is 0 Å². The number of rotatable bonds is 2. The summed E-state index contributed by atoms with van der Waals surface area (Å²) >= 11 is 5.92. The van der Waals surface area contributed by atoms with E-state index in [2.05, 4.69) is 4.98 Å². The molecule has 1 fully saturated rings. The Kier molecular flexibility index (Phi) is 3.03. The number of aliphatic hydroxyl groups is 1. The van der Waals surface area contributed by atoms with Crippen LogP contribution in [0.2, 0.25) is 5.02 Å². The fourth-order valence-electron chi connectivity index (χ4n) is 2.31. The lowest BCUT2D eigenvalue weighted by atomic mass is 9.99. The molecule has 0 unspecified atom stereocenters. The number of halogens is 1. The molecule has 5 nitrogen and oxygen atoms in total. The smallest absolute Gasteiger partial charge is 0.260 e. The van der Waals surface area contributed by atoms with Crippen LogP contribution in [0.25, 0.3) is 11.5 Å². The Morgan fingerprint density at radius 3 is 2.95 bits per heavy atom. The van der Waals surface area contributed by atoms with Gasteiger partial charge in [-0.1, -0.05) is 17.7 Å². The van der Waals surface area contributed by atoms with Crippen molar-refractivity contribution in [1.29, 1.82) is 0 Å². The first-order valence-electron chi connectivity index (χ1n) is 6.20. The Labute approximate surface area is 120 Å². The van der Waals surface area contributed by atoms with Crippen LogP contribution in [0, 0.1) is 0 Å². The van der Waals surface area contributed by atoms with Crippen LogP contribution in [0.3, 0.4) is 0 Å². The van der Waals surface area contributed by atoms with E-state index in [0.29, 0.717) is 29.4 Å². The molecule has 6 heteroatoms. The van der Waals surface area contributed by atoms with E-state index in [1.165, 1.54) is 11.2 Å². The van der Waals surface area contributed by atoms with Gasteiger partial charge in [-0.3, -0.25) is 4.79 Å². The Bertz CT molecular complexity index is 670. The molecule has 0 spiro atoms. The van der Waals surface area contributed by atoms with Crippen molar-refractivity contribution in [1.82, 2.24) is 9.88 Å². The summed E-state index contributed by atoms with van der Waals surface area (Å²) in [6.45, 7) is 0.495. The predicted octanol–water partition coefficient (Wildman–Crippen LogP) is 2.04. The van der Waals surface area contributed by atoms with E-state index in [1.54, 1.807) is 31.3 Å². The third-order valence-corrected chi connectivity index (χ3v) is 3.74. The van der Waals surface area contributed by atoms with Gasteiger partial charge in [-0.05, 0) is 18.2 Å². The number of oxazole rings is 1. The van der Waals surface area contributed by atoms with Crippen LogP contribution in [0.4, 0.5) is 0 Å². The Morgan fingerprint density at radius 2 is 2.30 bits per heavy atom. The topological polar surface area (TPSA) is 66.6 Å². The Balaban J connectivity index is 1.97. The maximum atomic E-state index is 12.0. The second-order valence-electron chi connectivity index (χ2n) is 4.89. The molecule has 0 aliphatic carbocycles. The molecule has 1 aliphatic rings. The lowest BCUT2D eigenvalue weighted by molar-refractivity contribution is -0.143. The van der Waals surface area contributed by atoms with E-state index < -0.39 is 5.60 Å². The number of nitrogens with zero attached hydrogens (tertiary/aromatic N) is 2. The summed E-state index contributed by atoms with van der Waals surface area (Å²) in [5.41, 5.74) is -0.650. The maximum absolute atomic E-state index is 12.0. The van der Waals surface area contributed by atoms with Crippen LogP contribution < -0.4 is 0 Å². The van der Waals surface area contributed by atoms with Gasteiger partial charge in [0.25, 0.3) is 5.91 Å². The second-order valence-corrected chi connectivity index (χ2v) is 5.32. The van der Waals surface area contributed by atoms with Crippen LogP contribution in [0.15, 0.2) is 34.9 Å². The molecule has 2 aromatic rings. The summed E-state index contributed by atoms with van der Waals surface area (Å²) in [6.07, 6.45) is 1.64. The minimum absolute atomic E-state index is 0.238. The van der Waals surface area contributed by atoms with Crippen LogP contribution in [-0.4, -0.2) is 34.5 Å². The van der Waals surface area contributed by atoms with Gasteiger partial charge >= 0.3 is 0 Å². The van der Waals surface area contributed by atoms with Crippen molar-refractivity contribution in [2.75, 3.05) is 13.6 Å². The SMILES string of the molecule is CN1CC[C@](O)(c2coc(-c3cccc(Cl)c3)n2)C1=O. The van der Waals surface area contributed by atoms with E-state index in [0.717, 1.165) is 0 Å². The fraction of sp³-hybridized carbons (Fsp3) is 0.286. The largest absolute Gasteiger partial charge is 0.444 e. The summed E-state index contributed by atoms with van der Waals surface area (Å²) in [6, 6.07) is 7.04. The van der Waals surface area contributed by atoms with Gasteiger partial charge in [-0.15, -0.1) is 0 Å². The Hall–Kier alpha value is -1.85. The van der Waals surface area contributed by atoms with Crippen molar-refractivity contribution in [3.63, 3.8) is 0 Å². The zero-order valence-electron chi connectivity index (χ0n) is 10.8. The van der Waals surface area contributed by atoms with Crippen molar-refractivity contribution in [3.8, 4) is 11.5 Å². The first-order chi connectivity index (χ1) is 9.50. The number of amides is 1. The van der Waals surface area contributed by atoms with Gasteiger partial charge in [0.05, 0.1) is 0 Å².